The average Bonchev–Trinajstić information content (AvgIpc) is 3.23. The van der Waals surface area contributed by atoms with E-state index in [1.807, 2.05) is 6.92 Å². The van der Waals surface area contributed by atoms with Crippen LogP contribution in [0, 0.1) is 22.7 Å². The maximum Gasteiger partial charge on any atom is 0.303 e. The maximum absolute atomic E-state index is 13.6. The molecule has 0 aromatic carbocycles. The van der Waals surface area contributed by atoms with E-state index in [9.17, 15) is 19.2 Å². The van der Waals surface area contributed by atoms with E-state index in [0.717, 1.165) is 24.0 Å². The molecule has 1 heterocycles. The minimum Gasteiger partial charge on any atom is -0.472 e. The van der Waals surface area contributed by atoms with Gasteiger partial charge in [0.15, 0.2) is 11.9 Å². The lowest BCUT2D eigenvalue weighted by Gasteiger charge is -2.64. The predicted octanol–water partition coefficient (Wildman–Crippen LogP) is 3.53. The Morgan fingerprint density at radius 1 is 0.971 bits per heavy atom. The summed E-state index contributed by atoms with van der Waals surface area (Å²) in [6.45, 7) is 8.28. The van der Waals surface area contributed by atoms with Crippen molar-refractivity contribution in [3.05, 3.63) is 23.7 Å². The molecular weight excluding hydrogens is 440 g/mol. The van der Waals surface area contributed by atoms with Crippen molar-refractivity contribution in [1.29, 1.82) is 0 Å². The molecule has 6 atom stereocenters. The molecule has 4 rings (SSSR count). The standard InChI is InChI=1S/C26H34O8/c1-15(27)32-13-25(5)21-8-9-26(14-33-16(2)28)19-12-31-11-18(19)6-7-22(26)24(21,4)10-20(30)23(25)34-17(3)29/h11-12,21-23H,6-10,13-14H2,1-5H3/t21-,22-,23+,24+,25-,26-/m1/s1. The summed E-state index contributed by atoms with van der Waals surface area (Å²) in [5.41, 5.74) is 0.366. The SMILES string of the molecule is CC(=O)OC[C@@]12CC[C@@H]3[C@](C)(CC(=O)[C@H](OC(C)=O)[C@]3(C)COC(C)=O)[C@H]1CCc1cocc12. The van der Waals surface area contributed by atoms with Crippen LogP contribution in [0.1, 0.15) is 71.4 Å². The number of carbonyl (C=O) groups is 4. The summed E-state index contributed by atoms with van der Waals surface area (Å²) in [6.07, 6.45) is 5.83. The van der Waals surface area contributed by atoms with Gasteiger partial charge >= 0.3 is 17.9 Å². The first-order valence-electron chi connectivity index (χ1n) is 12.0. The lowest BCUT2D eigenvalue weighted by molar-refractivity contribution is -0.207. The monoisotopic (exact) mass is 474 g/mol. The van der Waals surface area contributed by atoms with E-state index in [4.69, 9.17) is 18.6 Å². The van der Waals surface area contributed by atoms with Crippen LogP contribution < -0.4 is 0 Å². The van der Waals surface area contributed by atoms with Gasteiger partial charge in [0.2, 0.25) is 0 Å². The van der Waals surface area contributed by atoms with Gasteiger partial charge in [-0.3, -0.25) is 19.2 Å². The molecule has 0 spiro atoms. The van der Waals surface area contributed by atoms with E-state index in [2.05, 4.69) is 6.92 Å². The summed E-state index contributed by atoms with van der Waals surface area (Å²) in [4.78, 5) is 49.1. The number of esters is 3. The lowest BCUT2D eigenvalue weighted by Crippen LogP contribution is -2.66. The minimum atomic E-state index is -0.975. The van der Waals surface area contributed by atoms with Crippen molar-refractivity contribution in [2.75, 3.05) is 13.2 Å². The number of rotatable bonds is 5. The Hall–Kier alpha value is -2.64. The van der Waals surface area contributed by atoms with Crippen LogP contribution in [0.15, 0.2) is 16.9 Å². The van der Waals surface area contributed by atoms with E-state index in [0.29, 0.717) is 12.8 Å². The number of carbonyl (C=O) groups excluding carboxylic acids is 4. The fourth-order valence-corrected chi connectivity index (χ4v) is 7.59. The fraction of sp³-hybridized carbons (Fsp3) is 0.692. The predicted molar refractivity (Wildman–Crippen MR) is 120 cm³/mol. The number of fused-ring (bicyclic) bond motifs is 5. The second kappa shape index (κ2) is 8.54. The van der Waals surface area contributed by atoms with Crippen molar-refractivity contribution in [3.63, 3.8) is 0 Å². The van der Waals surface area contributed by atoms with Crippen LogP contribution in [0.2, 0.25) is 0 Å². The number of hydrogen-bond acceptors (Lipinski definition) is 8. The summed E-state index contributed by atoms with van der Waals surface area (Å²) in [6, 6.07) is 0. The molecule has 0 N–H and O–H groups in total. The Balaban J connectivity index is 1.80. The van der Waals surface area contributed by atoms with Crippen molar-refractivity contribution in [2.24, 2.45) is 22.7 Å². The fourth-order valence-electron chi connectivity index (χ4n) is 7.59. The second-order valence-corrected chi connectivity index (χ2v) is 10.9. The highest BCUT2D eigenvalue weighted by atomic mass is 16.6. The summed E-state index contributed by atoms with van der Waals surface area (Å²) in [5.74, 6) is -1.50. The summed E-state index contributed by atoms with van der Waals surface area (Å²) in [5, 5.41) is 0. The number of Topliss-reactive ketones (excluding diaryl/α,β-unsaturated/α-hetero) is 1. The molecule has 0 radical (unpaired) electrons. The van der Waals surface area contributed by atoms with Gasteiger partial charge in [-0.05, 0) is 48.5 Å². The maximum atomic E-state index is 13.6. The van der Waals surface area contributed by atoms with Gasteiger partial charge in [0.05, 0.1) is 12.5 Å². The highest BCUT2D eigenvalue weighted by Gasteiger charge is 2.67. The zero-order valence-corrected chi connectivity index (χ0v) is 20.6. The Bertz CT molecular complexity index is 1010. The molecule has 1 aromatic heterocycles. The first-order valence-corrected chi connectivity index (χ1v) is 12.0. The van der Waals surface area contributed by atoms with Crippen LogP contribution in [0.5, 0.6) is 0 Å². The van der Waals surface area contributed by atoms with Crippen molar-refractivity contribution < 1.29 is 37.8 Å². The number of aryl methyl sites for hydroxylation is 1. The van der Waals surface area contributed by atoms with Gasteiger partial charge in [0, 0.05) is 43.6 Å². The molecule has 8 heteroatoms. The van der Waals surface area contributed by atoms with Crippen LogP contribution in [0.4, 0.5) is 0 Å². The van der Waals surface area contributed by atoms with E-state index < -0.39 is 34.3 Å². The first kappa shape index (κ1) is 24.5. The molecule has 0 unspecified atom stereocenters. The lowest BCUT2D eigenvalue weighted by atomic mass is 9.39. The molecule has 2 fully saturated rings. The van der Waals surface area contributed by atoms with Gasteiger partial charge < -0.3 is 18.6 Å². The molecule has 3 aliphatic carbocycles. The van der Waals surface area contributed by atoms with E-state index in [1.165, 1.54) is 20.8 Å². The zero-order chi connectivity index (χ0) is 24.9. The molecule has 0 saturated heterocycles. The van der Waals surface area contributed by atoms with Crippen molar-refractivity contribution in [3.8, 4) is 0 Å². The molecule has 186 valence electrons. The van der Waals surface area contributed by atoms with Crippen LogP contribution in [-0.2, 0) is 45.2 Å². The largest absolute Gasteiger partial charge is 0.472 e. The topological polar surface area (TPSA) is 109 Å². The van der Waals surface area contributed by atoms with Gasteiger partial charge in [-0.15, -0.1) is 0 Å². The van der Waals surface area contributed by atoms with Gasteiger partial charge in [-0.2, -0.15) is 0 Å². The Labute approximate surface area is 199 Å². The van der Waals surface area contributed by atoms with E-state index in [1.54, 1.807) is 12.5 Å². The molecule has 0 aliphatic heterocycles. The highest BCUT2D eigenvalue weighted by Crippen LogP contribution is 2.67. The van der Waals surface area contributed by atoms with Crippen molar-refractivity contribution >= 4 is 23.7 Å². The minimum absolute atomic E-state index is 0.00704. The van der Waals surface area contributed by atoms with Crippen LogP contribution in [0.3, 0.4) is 0 Å². The molecule has 3 aliphatic rings. The second-order valence-electron chi connectivity index (χ2n) is 10.9. The quantitative estimate of drug-likeness (QED) is 0.471. The average molecular weight is 475 g/mol. The van der Waals surface area contributed by atoms with E-state index >= 15 is 0 Å². The van der Waals surface area contributed by atoms with Crippen LogP contribution in [0.25, 0.3) is 0 Å². The molecule has 34 heavy (non-hydrogen) atoms. The molecule has 0 bridgehead atoms. The van der Waals surface area contributed by atoms with Gasteiger partial charge in [-0.1, -0.05) is 13.8 Å². The molecular formula is C26H34O8. The molecule has 0 amide bonds. The van der Waals surface area contributed by atoms with Gasteiger partial charge in [-0.25, -0.2) is 0 Å². The normalized spacial score (nSPS) is 36.5. The Morgan fingerprint density at radius 2 is 1.65 bits per heavy atom. The molecule has 2 saturated carbocycles. The third-order valence-electron chi connectivity index (χ3n) is 8.76. The third kappa shape index (κ3) is 3.75. The number of furan rings is 1. The van der Waals surface area contributed by atoms with Gasteiger partial charge in [0.1, 0.15) is 13.2 Å². The van der Waals surface area contributed by atoms with Crippen molar-refractivity contribution in [1.82, 2.24) is 0 Å². The van der Waals surface area contributed by atoms with Crippen LogP contribution >= 0.6 is 0 Å². The summed E-state index contributed by atoms with van der Waals surface area (Å²) < 4.78 is 22.2. The van der Waals surface area contributed by atoms with E-state index in [-0.39, 0.29) is 43.2 Å². The third-order valence-corrected chi connectivity index (χ3v) is 8.76. The molecule has 1 aromatic rings. The van der Waals surface area contributed by atoms with Gasteiger partial charge in [0.25, 0.3) is 0 Å². The number of ketones is 1. The summed E-state index contributed by atoms with van der Waals surface area (Å²) in [7, 11) is 0. The molecule has 8 nitrogen and oxygen atoms in total. The number of ether oxygens (including phenoxy) is 3. The Kier molecular flexibility index (Phi) is 6.15. The summed E-state index contributed by atoms with van der Waals surface area (Å²) >= 11 is 0. The number of hydrogen-bond donors (Lipinski definition) is 0. The first-order chi connectivity index (χ1) is 15.9. The van der Waals surface area contributed by atoms with Crippen molar-refractivity contribution in [2.45, 2.75) is 78.2 Å². The zero-order valence-electron chi connectivity index (χ0n) is 20.6. The smallest absolute Gasteiger partial charge is 0.303 e. The Morgan fingerprint density at radius 3 is 2.29 bits per heavy atom. The van der Waals surface area contributed by atoms with Crippen LogP contribution in [-0.4, -0.2) is 43.0 Å². The highest BCUT2D eigenvalue weighted by molar-refractivity contribution is 5.88.